The van der Waals surface area contributed by atoms with Crippen molar-refractivity contribution in [1.82, 2.24) is 0 Å². The van der Waals surface area contributed by atoms with E-state index in [0.29, 0.717) is 6.07 Å². The van der Waals surface area contributed by atoms with E-state index in [0.717, 1.165) is 12.3 Å². The van der Waals surface area contributed by atoms with E-state index < -0.39 is 28.8 Å². The first-order chi connectivity index (χ1) is 7.91. The lowest BCUT2D eigenvalue weighted by Gasteiger charge is -2.02. The van der Waals surface area contributed by atoms with Gasteiger partial charge >= 0.3 is 5.97 Å². The molecule has 0 bridgehead atoms. The van der Waals surface area contributed by atoms with Gasteiger partial charge in [-0.3, -0.25) is 15.1 Å². The van der Waals surface area contributed by atoms with Gasteiger partial charge in [-0.2, -0.15) is 0 Å². The number of hydrogen-bond acceptors (Lipinski definition) is 4. The van der Waals surface area contributed by atoms with Crippen LogP contribution in [-0.4, -0.2) is 28.8 Å². The number of nitro groups is 1. The average Bonchev–Trinajstić information content (AvgIpc) is 2.22. The van der Waals surface area contributed by atoms with E-state index in [-0.39, 0.29) is 10.7 Å². The highest BCUT2D eigenvalue weighted by Crippen LogP contribution is 2.26. The number of benzene rings is 1. The minimum Gasteiger partial charge on any atom is -0.478 e. The monoisotopic (exact) mass is 260 g/mol. The molecule has 0 saturated carbocycles. The first kappa shape index (κ1) is 13.0. The van der Waals surface area contributed by atoms with E-state index in [9.17, 15) is 19.3 Å². The molecule has 0 aliphatic heterocycles. The zero-order chi connectivity index (χ0) is 13.0. The molecule has 1 N–H and O–H groups in total. The van der Waals surface area contributed by atoms with Crippen LogP contribution in [0.2, 0.25) is 5.02 Å². The smallest absolute Gasteiger partial charge is 0.338 e. The summed E-state index contributed by atoms with van der Waals surface area (Å²) in [6, 6.07) is 1.71. The Balaban J connectivity index is 3.13. The number of carbonyl (C=O) groups is 1. The van der Waals surface area contributed by atoms with Gasteiger partial charge in [-0.05, 0) is 12.1 Å². The van der Waals surface area contributed by atoms with Crippen LogP contribution in [-0.2, 0) is 0 Å². The third-order valence-electron chi connectivity index (χ3n) is 1.73. The molecule has 0 spiro atoms. The summed E-state index contributed by atoms with van der Waals surface area (Å²) in [6.45, 7) is -0.561. The van der Waals surface area contributed by atoms with E-state index in [1.807, 2.05) is 0 Å². The van der Waals surface area contributed by atoms with E-state index in [4.69, 9.17) is 16.7 Å². The van der Waals surface area contributed by atoms with Crippen LogP contribution in [0.25, 0.3) is 0 Å². The van der Waals surface area contributed by atoms with Gasteiger partial charge < -0.3 is 5.11 Å². The summed E-state index contributed by atoms with van der Waals surface area (Å²) in [7, 11) is 0. The quantitative estimate of drug-likeness (QED) is 0.510. The molecule has 0 aliphatic rings. The summed E-state index contributed by atoms with van der Waals surface area (Å²) in [5.41, 5.74) is -0.544. The summed E-state index contributed by atoms with van der Waals surface area (Å²) < 4.78 is 13.0. The maximum Gasteiger partial charge on any atom is 0.338 e. The van der Waals surface area contributed by atoms with Crippen molar-refractivity contribution in [2.24, 2.45) is 4.99 Å². The highest BCUT2D eigenvalue weighted by Gasteiger charge is 2.13. The van der Waals surface area contributed by atoms with Crippen LogP contribution in [0.3, 0.4) is 0 Å². The SMILES string of the molecule is O=C(O)c1cc(F)c(Cl)cc1N=CC[N+](=O)[O-]. The van der Waals surface area contributed by atoms with Crippen molar-refractivity contribution in [3.05, 3.63) is 38.7 Å². The highest BCUT2D eigenvalue weighted by atomic mass is 35.5. The summed E-state index contributed by atoms with van der Waals surface area (Å²) in [4.78, 5) is 23.7. The first-order valence-electron chi connectivity index (χ1n) is 4.28. The molecule has 1 aromatic rings. The highest BCUT2D eigenvalue weighted by molar-refractivity contribution is 6.31. The standard InChI is InChI=1S/C9H6ClFN2O4/c10-6-4-8(12-1-2-13(16)17)5(9(14)15)3-7(6)11/h1,3-4H,2H2,(H,14,15). The predicted molar refractivity (Wildman–Crippen MR) is 58.4 cm³/mol. The van der Waals surface area contributed by atoms with Crippen LogP contribution in [0.4, 0.5) is 10.1 Å². The molecule has 1 rings (SSSR count). The summed E-state index contributed by atoms with van der Waals surface area (Å²) >= 11 is 5.46. The van der Waals surface area contributed by atoms with Crippen molar-refractivity contribution in [2.75, 3.05) is 6.54 Å². The Labute approximate surface area is 99.5 Å². The number of nitrogens with zero attached hydrogens (tertiary/aromatic N) is 2. The van der Waals surface area contributed by atoms with Crippen LogP contribution in [0.15, 0.2) is 17.1 Å². The molecule has 0 saturated heterocycles. The van der Waals surface area contributed by atoms with Gasteiger partial charge in [0.1, 0.15) is 5.82 Å². The lowest BCUT2D eigenvalue weighted by Crippen LogP contribution is -2.02. The van der Waals surface area contributed by atoms with E-state index in [1.165, 1.54) is 0 Å². The van der Waals surface area contributed by atoms with Crippen LogP contribution >= 0.6 is 11.6 Å². The average molecular weight is 261 g/mol. The van der Waals surface area contributed by atoms with Crippen molar-refractivity contribution in [1.29, 1.82) is 0 Å². The van der Waals surface area contributed by atoms with E-state index >= 15 is 0 Å². The molecule has 0 atom stereocenters. The van der Waals surface area contributed by atoms with Crippen LogP contribution in [0, 0.1) is 15.9 Å². The molecule has 0 heterocycles. The molecule has 17 heavy (non-hydrogen) atoms. The molecule has 0 aromatic heterocycles. The molecule has 0 radical (unpaired) electrons. The first-order valence-corrected chi connectivity index (χ1v) is 4.66. The Hall–Kier alpha value is -2.02. The Morgan fingerprint density at radius 3 is 2.82 bits per heavy atom. The molecule has 90 valence electrons. The van der Waals surface area contributed by atoms with E-state index in [2.05, 4.69) is 4.99 Å². The topological polar surface area (TPSA) is 92.8 Å². The third-order valence-corrected chi connectivity index (χ3v) is 2.02. The van der Waals surface area contributed by atoms with Crippen LogP contribution in [0.1, 0.15) is 10.4 Å². The zero-order valence-corrected chi connectivity index (χ0v) is 9.02. The van der Waals surface area contributed by atoms with Crippen molar-refractivity contribution >= 4 is 29.5 Å². The number of rotatable bonds is 4. The van der Waals surface area contributed by atoms with E-state index in [1.54, 1.807) is 0 Å². The number of carboxylic acid groups (broad SMARTS) is 1. The molecule has 0 amide bonds. The fourth-order valence-corrected chi connectivity index (χ4v) is 1.18. The Bertz CT molecular complexity index is 504. The van der Waals surface area contributed by atoms with Gasteiger partial charge in [-0.15, -0.1) is 0 Å². The number of halogens is 2. The van der Waals surface area contributed by atoms with Gasteiger partial charge in [0.05, 0.1) is 22.5 Å². The van der Waals surface area contributed by atoms with Gasteiger partial charge in [0.15, 0.2) is 0 Å². The maximum absolute atomic E-state index is 13.0. The Morgan fingerprint density at radius 2 is 2.29 bits per heavy atom. The van der Waals surface area contributed by atoms with Gasteiger partial charge in [0.2, 0.25) is 6.54 Å². The van der Waals surface area contributed by atoms with Crippen molar-refractivity contribution in [3.63, 3.8) is 0 Å². The van der Waals surface area contributed by atoms with Gasteiger partial charge in [-0.25, -0.2) is 9.18 Å². The molecular weight excluding hydrogens is 255 g/mol. The molecule has 8 heteroatoms. The molecule has 0 fully saturated rings. The van der Waals surface area contributed by atoms with Gasteiger partial charge in [-0.1, -0.05) is 11.6 Å². The van der Waals surface area contributed by atoms with Gasteiger partial charge in [0.25, 0.3) is 0 Å². The minimum absolute atomic E-state index is 0.134. The summed E-state index contributed by atoms with van der Waals surface area (Å²) in [6.07, 6.45) is 0.913. The third kappa shape index (κ3) is 3.49. The number of carboxylic acids is 1. The van der Waals surface area contributed by atoms with Gasteiger partial charge in [0, 0.05) is 4.92 Å². The van der Waals surface area contributed by atoms with Crippen molar-refractivity contribution in [2.45, 2.75) is 0 Å². The predicted octanol–water partition coefficient (Wildman–Crippen LogP) is 2.16. The lowest BCUT2D eigenvalue weighted by atomic mass is 10.2. The molecule has 6 nitrogen and oxygen atoms in total. The number of aromatic carboxylic acids is 1. The van der Waals surface area contributed by atoms with Crippen LogP contribution in [0.5, 0.6) is 0 Å². The zero-order valence-electron chi connectivity index (χ0n) is 8.26. The van der Waals surface area contributed by atoms with Crippen molar-refractivity contribution in [3.8, 4) is 0 Å². The fourth-order valence-electron chi connectivity index (χ4n) is 1.02. The fraction of sp³-hybridized carbons (Fsp3) is 0.111. The normalized spacial score (nSPS) is 10.7. The second-order valence-electron chi connectivity index (χ2n) is 2.92. The largest absolute Gasteiger partial charge is 0.478 e. The minimum atomic E-state index is -1.39. The Morgan fingerprint density at radius 1 is 1.65 bits per heavy atom. The molecule has 1 aromatic carbocycles. The number of hydrogen-bond donors (Lipinski definition) is 1. The second kappa shape index (κ2) is 5.35. The lowest BCUT2D eigenvalue weighted by molar-refractivity contribution is -0.462. The molecule has 0 aliphatic carbocycles. The summed E-state index contributed by atoms with van der Waals surface area (Å²) in [5, 5.41) is 18.5. The molecular formula is C9H6ClFN2O4. The maximum atomic E-state index is 13.0. The summed E-state index contributed by atoms with van der Waals surface area (Å²) in [5.74, 6) is -2.29. The molecule has 0 unspecified atom stereocenters. The Kier molecular flexibility index (Phi) is 4.11. The van der Waals surface area contributed by atoms with Crippen LogP contribution < -0.4 is 0 Å². The number of aliphatic imine (C=N–C) groups is 1. The second-order valence-corrected chi connectivity index (χ2v) is 3.32. The van der Waals surface area contributed by atoms with Crippen molar-refractivity contribution < 1.29 is 19.2 Å².